The second-order valence-corrected chi connectivity index (χ2v) is 6.33. The molecule has 1 aromatic carbocycles. The lowest BCUT2D eigenvalue weighted by atomic mass is 9.92. The van der Waals surface area contributed by atoms with Crippen LogP contribution in [0.1, 0.15) is 43.9 Å². The van der Waals surface area contributed by atoms with Crippen LogP contribution in [-0.4, -0.2) is 36.6 Å². The molecular formula is C18H24N2O4. The van der Waals surface area contributed by atoms with Gasteiger partial charge in [0.15, 0.2) is 5.69 Å². The van der Waals surface area contributed by atoms with Crippen molar-refractivity contribution in [1.82, 2.24) is 9.78 Å². The molecule has 0 aliphatic carbocycles. The van der Waals surface area contributed by atoms with Crippen molar-refractivity contribution in [2.45, 2.75) is 33.1 Å². The van der Waals surface area contributed by atoms with E-state index in [-0.39, 0.29) is 5.41 Å². The van der Waals surface area contributed by atoms with Gasteiger partial charge in [0.2, 0.25) is 0 Å². The first-order chi connectivity index (χ1) is 11.3. The number of hydrogen-bond donors (Lipinski definition) is 0. The highest BCUT2D eigenvalue weighted by Crippen LogP contribution is 2.31. The van der Waals surface area contributed by atoms with E-state index in [4.69, 9.17) is 14.2 Å². The van der Waals surface area contributed by atoms with Gasteiger partial charge >= 0.3 is 5.97 Å². The lowest BCUT2D eigenvalue weighted by Crippen LogP contribution is -2.14. The van der Waals surface area contributed by atoms with E-state index in [0.29, 0.717) is 29.5 Å². The van der Waals surface area contributed by atoms with Crippen LogP contribution in [0.15, 0.2) is 24.3 Å². The highest BCUT2D eigenvalue weighted by atomic mass is 16.5. The maximum Gasteiger partial charge on any atom is 0.357 e. The Hall–Kier alpha value is -2.50. The Bertz CT molecular complexity index is 729. The molecule has 0 unspecified atom stereocenters. The summed E-state index contributed by atoms with van der Waals surface area (Å²) in [6, 6.07) is 7.12. The Kier molecular flexibility index (Phi) is 5.17. The molecule has 0 radical (unpaired) electrons. The van der Waals surface area contributed by atoms with Crippen molar-refractivity contribution in [2.75, 3.05) is 20.8 Å². The number of carbonyl (C=O) groups excluding carboxylic acids is 1. The van der Waals surface area contributed by atoms with E-state index in [1.807, 2.05) is 20.8 Å². The summed E-state index contributed by atoms with van der Waals surface area (Å²) in [6.45, 7) is 8.20. The monoisotopic (exact) mass is 332 g/mol. The Morgan fingerprint density at radius 1 is 1.17 bits per heavy atom. The zero-order valence-corrected chi connectivity index (χ0v) is 15.0. The van der Waals surface area contributed by atoms with E-state index in [1.54, 1.807) is 50.1 Å². The van der Waals surface area contributed by atoms with E-state index < -0.39 is 5.97 Å². The average Bonchev–Trinajstić information content (AvgIpc) is 2.99. The Labute approximate surface area is 142 Å². The molecule has 2 rings (SSSR count). The molecule has 0 amide bonds. The Balaban J connectivity index is 2.64. The summed E-state index contributed by atoms with van der Waals surface area (Å²) in [5.74, 6) is 0.804. The summed E-state index contributed by atoms with van der Waals surface area (Å²) in [6.07, 6.45) is 0. The molecular weight excluding hydrogens is 308 g/mol. The number of nitrogens with zero attached hydrogens (tertiary/aromatic N) is 2. The maximum atomic E-state index is 12.4. The quantitative estimate of drug-likeness (QED) is 0.786. The van der Waals surface area contributed by atoms with Gasteiger partial charge in [-0.1, -0.05) is 20.8 Å². The summed E-state index contributed by atoms with van der Waals surface area (Å²) >= 11 is 0. The summed E-state index contributed by atoms with van der Waals surface area (Å²) in [5, 5.41) is 4.61. The lowest BCUT2D eigenvalue weighted by Gasteiger charge is -2.15. The van der Waals surface area contributed by atoms with Crippen molar-refractivity contribution < 1.29 is 19.0 Å². The van der Waals surface area contributed by atoms with Crippen molar-refractivity contribution in [2.24, 2.45) is 0 Å². The number of esters is 1. The van der Waals surface area contributed by atoms with Crippen LogP contribution in [0.25, 0.3) is 5.69 Å². The first-order valence-corrected chi connectivity index (χ1v) is 7.81. The van der Waals surface area contributed by atoms with Gasteiger partial charge in [0.1, 0.15) is 17.2 Å². The summed E-state index contributed by atoms with van der Waals surface area (Å²) < 4.78 is 17.4. The summed E-state index contributed by atoms with van der Waals surface area (Å²) in [5.41, 5.74) is 1.61. The minimum absolute atomic E-state index is 0.202. The van der Waals surface area contributed by atoms with Gasteiger partial charge in [0.25, 0.3) is 0 Å². The van der Waals surface area contributed by atoms with Crippen LogP contribution in [0.3, 0.4) is 0 Å². The topological polar surface area (TPSA) is 62.6 Å². The SMILES string of the molecule is CCOC(=O)c1cc(C(C)(C)C)nn1-c1ccc(OC)cc1OC. The van der Waals surface area contributed by atoms with Crippen molar-refractivity contribution >= 4 is 5.97 Å². The molecule has 0 saturated carbocycles. The largest absolute Gasteiger partial charge is 0.497 e. The van der Waals surface area contributed by atoms with E-state index >= 15 is 0 Å². The first-order valence-electron chi connectivity index (χ1n) is 7.81. The van der Waals surface area contributed by atoms with E-state index in [2.05, 4.69) is 5.10 Å². The van der Waals surface area contributed by atoms with Crippen LogP contribution in [0.2, 0.25) is 0 Å². The third kappa shape index (κ3) is 3.53. The maximum absolute atomic E-state index is 12.4. The number of methoxy groups -OCH3 is 2. The summed E-state index contributed by atoms with van der Waals surface area (Å²) in [7, 11) is 3.15. The molecule has 0 N–H and O–H groups in total. The minimum atomic E-state index is -0.418. The fraction of sp³-hybridized carbons (Fsp3) is 0.444. The standard InChI is InChI=1S/C18H24N2O4/c1-7-24-17(21)14-11-16(18(2,3)4)19-20(14)13-9-8-12(22-5)10-15(13)23-6/h8-11H,7H2,1-6H3. The fourth-order valence-electron chi connectivity index (χ4n) is 2.24. The molecule has 6 heteroatoms. The smallest absolute Gasteiger partial charge is 0.357 e. The highest BCUT2D eigenvalue weighted by molar-refractivity contribution is 5.88. The van der Waals surface area contributed by atoms with Gasteiger partial charge in [0.05, 0.1) is 26.5 Å². The lowest BCUT2D eigenvalue weighted by molar-refractivity contribution is 0.0515. The number of aromatic nitrogens is 2. The minimum Gasteiger partial charge on any atom is -0.497 e. The molecule has 2 aromatic rings. The third-order valence-electron chi connectivity index (χ3n) is 3.58. The molecule has 0 aliphatic rings. The second-order valence-electron chi connectivity index (χ2n) is 6.33. The van der Waals surface area contributed by atoms with Gasteiger partial charge < -0.3 is 14.2 Å². The van der Waals surface area contributed by atoms with Gasteiger partial charge in [0, 0.05) is 11.5 Å². The Morgan fingerprint density at radius 3 is 2.42 bits per heavy atom. The van der Waals surface area contributed by atoms with Crippen LogP contribution >= 0.6 is 0 Å². The van der Waals surface area contributed by atoms with E-state index in [0.717, 1.165) is 5.69 Å². The normalized spacial score (nSPS) is 11.2. The molecule has 0 aliphatic heterocycles. The van der Waals surface area contributed by atoms with E-state index in [9.17, 15) is 4.79 Å². The first kappa shape index (κ1) is 17.8. The zero-order valence-electron chi connectivity index (χ0n) is 15.0. The van der Waals surface area contributed by atoms with Crippen molar-refractivity contribution in [3.05, 3.63) is 35.7 Å². The molecule has 24 heavy (non-hydrogen) atoms. The van der Waals surface area contributed by atoms with Gasteiger partial charge in [-0.05, 0) is 25.1 Å². The second kappa shape index (κ2) is 6.95. The Morgan fingerprint density at radius 2 is 1.88 bits per heavy atom. The van der Waals surface area contributed by atoms with Crippen LogP contribution in [0.4, 0.5) is 0 Å². The number of hydrogen-bond acceptors (Lipinski definition) is 5. The van der Waals surface area contributed by atoms with Crippen molar-refractivity contribution in [1.29, 1.82) is 0 Å². The molecule has 0 bridgehead atoms. The van der Waals surface area contributed by atoms with Crippen LogP contribution in [0, 0.1) is 0 Å². The number of carbonyl (C=O) groups is 1. The zero-order chi connectivity index (χ0) is 17.9. The number of ether oxygens (including phenoxy) is 3. The van der Waals surface area contributed by atoms with Gasteiger partial charge in [-0.3, -0.25) is 0 Å². The van der Waals surface area contributed by atoms with Crippen molar-refractivity contribution in [3.8, 4) is 17.2 Å². The van der Waals surface area contributed by atoms with Crippen LogP contribution in [-0.2, 0) is 10.2 Å². The number of rotatable bonds is 5. The molecule has 0 atom stereocenters. The fourth-order valence-corrected chi connectivity index (χ4v) is 2.24. The summed E-state index contributed by atoms with van der Waals surface area (Å²) in [4.78, 5) is 12.4. The van der Waals surface area contributed by atoms with Crippen LogP contribution < -0.4 is 9.47 Å². The predicted molar refractivity (Wildman–Crippen MR) is 91.3 cm³/mol. The number of benzene rings is 1. The van der Waals surface area contributed by atoms with E-state index in [1.165, 1.54) is 0 Å². The highest BCUT2D eigenvalue weighted by Gasteiger charge is 2.25. The van der Waals surface area contributed by atoms with Gasteiger partial charge in [-0.25, -0.2) is 9.48 Å². The molecule has 0 fully saturated rings. The third-order valence-corrected chi connectivity index (χ3v) is 3.58. The molecule has 0 saturated heterocycles. The molecule has 1 heterocycles. The van der Waals surface area contributed by atoms with Crippen molar-refractivity contribution in [3.63, 3.8) is 0 Å². The molecule has 6 nitrogen and oxygen atoms in total. The predicted octanol–water partition coefficient (Wildman–Crippen LogP) is 3.36. The van der Waals surface area contributed by atoms with Crippen LogP contribution in [0.5, 0.6) is 11.5 Å². The molecule has 130 valence electrons. The van der Waals surface area contributed by atoms with Gasteiger partial charge in [-0.2, -0.15) is 5.10 Å². The average molecular weight is 332 g/mol. The van der Waals surface area contributed by atoms with Gasteiger partial charge in [-0.15, -0.1) is 0 Å². The molecule has 0 spiro atoms. The molecule has 1 aromatic heterocycles.